The maximum atomic E-state index is 9.49. The third-order valence-electron chi connectivity index (χ3n) is 3.92. The van der Waals surface area contributed by atoms with E-state index in [0.717, 1.165) is 45.0 Å². The lowest BCUT2D eigenvalue weighted by molar-refractivity contribution is 0.0335. The Morgan fingerprint density at radius 1 is 1.35 bits per heavy atom. The third kappa shape index (κ3) is 3.80. The van der Waals surface area contributed by atoms with Crippen molar-refractivity contribution < 1.29 is 4.74 Å². The van der Waals surface area contributed by atoms with Crippen molar-refractivity contribution in [3.05, 3.63) is 35.4 Å². The smallest absolute Gasteiger partial charge is 0.123 e. The van der Waals surface area contributed by atoms with Gasteiger partial charge >= 0.3 is 0 Å². The molecule has 0 saturated carbocycles. The van der Waals surface area contributed by atoms with Crippen molar-refractivity contribution in [2.24, 2.45) is 0 Å². The first-order valence-electron chi connectivity index (χ1n) is 7.18. The molecule has 20 heavy (non-hydrogen) atoms. The van der Waals surface area contributed by atoms with Crippen molar-refractivity contribution in [1.29, 1.82) is 5.26 Å². The van der Waals surface area contributed by atoms with Crippen LogP contribution in [0, 0.1) is 18.3 Å². The van der Waals surface area contributed by atoms with E-state index in [1.165, 1.54) is 5.56 Å². The highest BCUT2D eigenvalue weighted by atomic mass is 16.5. The lowest BCUT2D eigenvalue weighted by Crippen LogP contribution is -2.41. The molecule has 4 nitrogen and oxygen atoms in total. The Labute approximate surface area is 121 Å². The van der Waals surface area contributed by atoms with Gasteiger partial charge in [0.25, 0.3) is 0 Å². The SMILES string of the molecule is Cc1ccccc1C(C#N)N(C)CCN1CCOCC1. The zero-order valence-electron chi connectivity index (χ0n) is 12.4. The van der Waals surface area contributed by atoms with Gasteiger partial charge < -0.3 is 4.74 Å². The first kappa shape index (κ1) is 15.0. The maximum absolute atomic E-state index is 9.49. The molecule has 1 aliphatic rings. The van der Waals surface area contributed by atoms with Gasteiger partial charge in [0.1, 0.15) is 6.04 Å². The summed E-state index contributed by atoms with van der Waals surface area (Å²) in [5.41, 5.74) is 2.29. The summed E-state index contributed by atoms with van der Waals surface area (Å²) in [6.07, 6.45) is 0. The number of nitrogens with zero attached hydrogens (tertiary/aromatic N) is 3. The number of rotatable bonds is 5. The van der Waals surface area contributed by atoms with Crippen LogP contribution in [0.25, 0.3) is 0 Å². The predicted molar refractivity (Wildman–Crippen MR) is 79.4 cm³/mol. The molecule has 0 N–H and O–H groups in total. The van der Waals surface area contributed by atoms with Gasteiger partial charge in [-0.2, -0.15) is 5.26 Å². The summed E-state index contributed by atoms with van der Waals surface area (Å²) >= 11 is 0. The summed E-state index contributed by atoms with van der Waals surface area (Å²) in [6.45, 7) is 7.59. The highest BCUT2D eigenvalue weighted by Gasteiger charge is 2.19. The fourth-order valence-electron chi connectivity index (χ4n) is 2.55. The van der Waals surface area contributed by atoms with Crippen molar-refractivity contribution >= 4 is 0 Å². The van der Waals surface area contributed by atoms with E-state index in [1.807, 2.05) is 19.2 Å². The van der Waals surface area contributed by atoms with Crippen LogP contribution in [0.3, 0.4) is 0 Å². The van der Waals surface area contributed by atoms with Crippen LogP contribution in [0.2, 0.25) is 0 Å². The van der Waals surface area contributed by atoms with Crippen molar-refractivity contribution in [2.75, 3.05) is 46.4 Å². The number of ether oxygens (including phenoxy) is 1. The topological polar surface area (TPSA) is 39.5 Å². The van der Waals surface area contributed by atoms with E-state index in [0.29, 0.717) is 0 Å². The molecule has 1 atom stereocenters. The summed E-state index contributed by atoms with van der Waals surface area (Å²) in [7, 11) is 2.03. The van der Waals surface area contributed by atoms with Crippen molar-refractivity contribution in [2.45, 2.75) is 13.0 Å². The molecule has 1 fully saturated rings. The number of likely N-dealkylation sites (N-methyl/N-ethyl adjacent to an activating group) is 1. The monoisotopic (exact) mass is 273 g/mol. The Bertz CT molecular complexity index is 463. The molecule has 0 aromatic heterocycles. The average Bonchev–Trinajstić information content (AvgIpc) is 2.49. The summed E-state index contributed by atoms with van der Waals surface area (Å²) in [5, 5.41) is 9.49. The van der Waals surface area contributed by atoms with E-state index < -0.39 is 0 Å². The highest BCUT2D eigenvalue weighted by Crippen LogP contribution is 2.21. The van der Waals surface area contributed by atoms with Crippen LogP contribution < -0.4 is 0 Å². The van der Waals surface area contributed by atoms with Crippen molar-refractivity contribution in [3.63, 3.8) is 0 Å². The van der Waals surface area contributed by atoms with Crippen LogP contribution in [0.1, 0.15) is 17.2 Å². The molecule has 1 heterocycles. The standard InChI is InChI=1S/C16H23N3O/c1-14-5-3-4-6-15(14)16(13-17)18(2)7-8-19-9-11-20-12-10-19/h3-6,16H,7-12H2,1-2H3. The van der Waals surface area contributed by atoms with E-state index in [2.05, 4.69) is 34.9 Å². The average molecular weight is 273 g/mol. The number of benzene rings is 1. The molecule has 0 aliphatic carbocycles. The Morgan fingerprint density at radius 2 is 2.05 bits per heavy atom. The number of aryl methyl sites for hydroxylation is 1. The highest BCUT2D eigenvalue weighted by molar-refractivity contribution is 5.32. The molecule has 0 spiro atoms. The molecule has 1 saturated heterocycles. The predicted octanol–water partition coefficient (Wildman–Crippen LogP) is 1.82. The minimum Gasteiger partial charge on any atom is -0.379 e. The fourth-order valence-corrected chi connectivity index (χ4v) is 2.55. The Morgan fingerprint density at radius 3 is 2.70 bits per heavy atom. The minimum absolute atomic E-state index is 0.169. The van der Waals surface area contributed by atoms with Gasteiger partial charge in [-0.15, -0.1) is 0 Å². The van der Waals surface area contributed by atoms with Gasteiger partial charge in [-0.1, -0.05) is 24.3 Å². The van der Waals surface area contributed by atoms with E-state index >= 15 is 0 Å². The lowest BCUT2D eigenvalue weighted by atomic mass is 10.0. The number of hydrogen-bond acceptors (Lipinski definition) is 4. The largest absolute Gasteiger partial charge is 0.379 e. The molecule has 108 valence electrons. The van der Waals surface area contributed by atoms with Gasteiger partial charge in [-0.25, -0.2) is 0 Å². The van der Waals surface area contributed by atoms with Crippen LogP contribution in [0.4, 0.5) is 0 Å². The lowest BCUT2D eigenvalue weighted by Gasteiger charge is -2.30. The first-order valence-corrected chi connectivity index (χ1v) is 7.18. The Hall–Kier alpha value is -1.41. The molecular weight excluding hydrogens is 250 g/mol. The molecule has 1 aliphatic heterocycles. The van der Waals surface area contributed by atoms with Crippen LogP contribution in [-0.4, -0.2) is 56.2 Å². The quantitative estimate of drug-likeness (QED) is 0.820. The summed E-state index contributed by atoms with van der Waals surface area (Å²) < 4.78 is 5.35. The molecule has 0 amide bonds. The van der Waals surface area contributed by atoms with Crippen molar-refractivity contribution in [1.82, 2.24) is 9.80 Å². The normalized spacial score (nSPS) is 17.9. The molecule has 2 rings (SSSR count). The number of nitriles is 1. The summed E-state index contributed by atoms with van der Waals surface area (Å²) in [6, 6.07) is 10.4. The van der Waals surface area contributed by atoms with E-state index in [1.54, 1.807) is 0 Å². The van der Waals surface area contributed by atoms with Gasteiger partial charge in [0.15, 0.2) is 0 Å². The van der Waals surface area contributed by atoms with E-state index in [-0.39, 0.29) is 6.04 Å². The molecule has 0 bridgehead atoms. The molecule has 0 radical (unpaired) electrons. The summed E-state index contributed by atoms with van der Waals surface area (Å²) in [4.78, 5) is 4.53. The number of hydrogen-bond donors (Lipinski definition) is 0. The van der Waals surface area contributed by atoms with E-state index in [4.69, 9.17) is 4.74 Å². The number of morpholine rings is 1. The molecule has 1 aromatic carbocycles. The van der Waals surface area contributed by atoms with Gasteiger partial charge in [0.2, 0.25) is 0 Å². The second-order valence-corrected chi connectivity index (χ2v) is 5.32. The van der Waals surface area contributed by atoms with Crippen LogP contribution >= 0.6 is 0 Å². The Balaban J connectivity index is 1.94. The zero-order chi connectivity index (χ0) is 14.4. The zero-order valence-corrected chi connectivity index (χ0v) is 12.4. The van der Waals surface area contributed by atoms with Gasteiger partial charge in [-0.05, 0) is 25.1 Å². The summed E-state index contributed by atoms with van der Waals surface area (Å²) in [5.74, 6) is 0. The second kappa shape index (κ2) is 7.39. The molecule has 4 heteroatoms. The van der Waals surface area contributed by atoms with Gasteiger partial charge in [-0.3, -0.25) is 9.80 Å². The van der Waals surface area contributed by atoms with Gasteiger partial charge in [0.05, 0.1) is 19.3 Å². The fraction of sp³-hybridized carbons (Fsp3) is 0.562. The minimum atomic E-state index is -0.169. The van der Waals surface area contributed by atoms with Crippen LogP contribution in [0.5, 0.6) is 0 Å². The van der Waals surface area contributed by atoms with E-state index in [9.17, 15) is 5.26 Å². The van der Waals surface area contributed by atoms with Crippen LogP contribution in [-0.2, 0) is 4.74 Å². The molecular formula is C16H23N3O. The first-order chi connectivity index (χ1) is 9.72. The third-order valence-corrected chi connectivity index (χ3v) is 3.92. The Kier molecular flexibility index (Phi) is 5.54. The molecule has 1 unspecified atom stereocenters. The maximum Gasteiger partial charge on any atom is 0.123 e. The molecule has 1 aromatic rings. The second-order valence-electron chi connectivity index (χ2n) is 5.32. The van der Waals surface area contributed by atoms with Crippen molar-refractivity contribution in [3.8, 4) is 6.07 Å². The van der Waals surface area contributed by atoms with Crippen LogP contribution in [0.15, 0.2) is 24.3 Å². The van der Waals surface area contributed by atoms with Gasteiger partial charge in [0, 0.05) is 26.2 Å².